The van der Waals surface area contributed by atoms with Crippen molar-refractivity contribution in [2.75, 3.05) is 9.80 Å². The largest absolute Gasteiger partial charge is 0.310 e. The number of aromatic nitrogens is 2. The first-order valence-electron chi connectivity index (χ1n) is 37.1. The van der Waals surface area contributed by atoms with Gasteiger partial charge in [0.25, 0.3) is 6.71 Å². The molecule has 0 saturated heterocycles. The molecule has 99 heavy (non-hydrogen) atoms. The average molecular weight is 1270 g/mol. The lowest BCUT2D eigenvalue weighted by atomic mass is 9.34. The number of nitrogens with zero attached hydrogens (tertiary/aromatic N) is 4. The maximum absolute atomic E-state index is 11.8. The molecule has 19 rings (SSSR count). The van der Waals surface area contributed by atoms with Gasteiger partial charge in [0.2, 0.25) is 0 Å². The van der Waals surface area contributed by atoms with Gasteiger partial charge in [-0.25, -0.2) is 0 Å². The van der Waals surface area contributed by atoms with Gasteiger partial charge in [-0.2, -0.15) is 0 Å². The lowest BCUT2D eigenvalue weighted by Gasteiger charge is -2.39. The standard InChI is InChI=1S/C94H67BN4/c1-94(2,3)64-60-85-89-86(61-64)99-91-70(63-34-12-5-13-35-63)53-31-55-80(91)76-49-25-23-45-72(76)74-47-27-29-51-78(74)88-84(97(67-40-18-8-19-41-67)68-42-20-9-21-43-68)59-57-82(93(88)99)95(89)81-56-58-83(96(65-36-14-6-15-37-65)66-38-16-7-17-39-66)87-77-50-28-26-46-73(77)71-44-22-24-48-75(71)79-54-30-52-69(62-32-10-4-11-33-62)90(79)98(85)92(81)87/h4-61H,1-3H3/i56D,57D,58D,59D,60D,61D. The average Bonchev–Trinajstić information content (AvgIpc) is 1.52. The SMILES string of the molecule is [2H]c1c2c3c(c([2H])c1C(C)(C)C)-n1c4c(-c5ccccc5)cccc4c4ccccc4c4ccccc4c4c(N(c5ccccc5)c5ccccc5)c([2H])c([2H])c(c41)B3c1c([2H])c([2H])c(N(c3ccccc3)c3ccccc3)c3c4ccccc4c4ccccc4c4cccc(-c5ccccc5)c4n-2c13. The number of benzene rings is 15. The Kier molecular flexibility index (Phi) is 12.1. The Morgan fingerprint density at radius 2 is 0.576 bits per heavy atom. The molecular formula is C94H67BN4. The molecule has 4 heterocycles. The van der Waals surface area contributed by atoms with Crippen molar-refractivity contribution in [3.63, 3.8) is 0 Å². The summed E-state index contributed by atoms with van der Waals surface area (Å²) in [7, 11) is 0. The van der Waals surface area contributed by atoms with E-state index >= 15 is 0 Å². The summed E-state index contributed by atoms with van der Waals surface area (Å²) in [6, 6.07) is 108. The molecule has 0 bridgehead atoms. The molecule has 2 aliphatic rings. The Hall–Kier alpha value is -12.4. The van der Waals surface area contributed by atoms with Crippen LogP contribution in [0.15, 0.2) is 352 Å². The summed E-state index contributed by atoms with van der Waals surface area (Å²) in [5.74, 6) is 0. The monoisotopic (exact) mass is 1270 g/mol. The van der Waals surface area contributed by atoms with Crippen molar-refractivity contribution >= 4 is 144 Å². The minimum atomic E-state index is -1.21. The van der Waals surface area contributed by atoms with Crippen molar-refractivity contribution < 1.29 is 8.22 Å². The highest BCUT2D eigenvalue weighted by molar-refractivity contribution is 7.00. The number of fused-ring (bicyclic) bond motifs is 18. The first kappa shape index (κ1) is 51.8. The molecule has 466 valence electrons. The molecule has 2 aliphatic heterocycles. The van der Waals surface area contributed by atoms with Gasteiger partial charge in [-0.05, 0) is 154 Å². The fraction of sp³-hybridized carbons (Fsp3) is 0.0426. The molecule has 0 spiro atoms. The second-order valence-corrected chi connectivity index (χ2v) is 26.9. The van der Waals surface area contributed by atoms with Crippen LogP contribution in [0.25, 0.3) is 120 Å². The molecule has 0 radical (unpaired) electrons. The predicted octanol–water partition coefficient (Wildman–Crippen LogP) is 23.5. The van der Waals surface area contributed by atoms with E-state index < -0.39 is 12.1 Å². The summed E-state index contributed by atoms with van der Waals surface area (Å²) in [6.07, 6.45) is 0. The highest BCUT2D eigenvalue weighted by Gasteiger charge is 2.42. The minimum Gasteiger partial charge on any atom is -0.310 e. The number of hydrogen-bond donors (Lipinski definition) is 0. The van der Waals surface area contributed by atoms with Crippen LogP contribution in [0.4, 0.5) is 34.1 Å². The van der Waals surface area contributed by atoms with E-state index in [4.69, 9.17) is 0 Å². The van der Waals surface area contributed by atoms with Gasteiger partial charge in [0, 0.05) is 66.8 Å². The second-order valence-electron chi connectivity index (χ2n) is 26.9. The smallest absolute Gasteiger partial charge is 0.252 e. The zero-order valence-corrected chi connectivity index (χ0v) is 54.9. The van der Waals surface area contributed by atoms with Gasteiger partial charge in [-0.1, -0.05) is 300 Å². The molecule has 0 amide bonds. The second kappa shape index (κ2) is 23.2. The van der Waals surface area contributed by atoms with Crippen LogP contribution in [-0.4, -0.2) is 15.8 Å². The molecule has 2 aromatic heterocycles. The summed E-state index contributed by atoms with van der Waals surface area (Å²) < 4.78 is 74.5. The van der Waals surface area contributed by atoms with Crippen molar-refractivity contribution in [2.24, 2.45) is 0 Å². The highest BCUT2D eigenvalue weighted by atomic mass is 15.2. The number of para-hydroxylation sites is 6. The topological polar surface area (TPSA) is 16.3 Å². The van der Waals surface area contributed by atoms with Crippen molar-refractivity contribution in [1.29, 1.82) is 0 Å². The number of anilines is 6. The van der Waals surface area contributed by atoms with Crippen LogP contribution in [0.2, 0.25) is 0 Å². The fourth-order valence-electron chi connectivity index (χ4n) is 15.9. The van der Waals surface area contributed by atoms with Crippen LogP contribution < -0.4 is 26.2 Å². The number of rotatable bonds is 8. The first-order chi connectivity index (χ1) is 51.4. The molecule has 0 atom stereocenters. The van der Waals surface area contributed by atoms with Crippen LogP contribution in [-0.2, 0) is 5.41 Å². The Bertz CT molecular complexity index is 6170. The molecular weight excluding hydrogens is 1200 g/mol. The van der Waals surface area contributed by atoms with E-state index in [2.05, 4.69) is 270 Å². The maximum atomic E-state index is 11.8. The van der Waals surface area contributed by atoms with E-state index in [-0.39, 0.29) is 36.3 Å². The predicted molar refractivity (Wildman–Crippen MR) is 424 cm³/mol. The lowest BCUT2D eigenvalue weighted by Crippen LogP contribution is -2.60. The van der Waals surface area contributed by atoms with E-state index in [0.717, 1.165) is 110 Å². The summed E-state index contributed by atoms with van der Waals surface area (Å²) in [6.45, 7) is 5.11. The van der Waals surface area contributed by atoms with Gasteiger partial charge < -0.3 is 18.9 Å². The van der Waals surface area contributed by atoms with Crippen LogP contribution >= 0.6 is 0 Å². The third-order valence-corrected chi connectivity index (χ3v) is 20.2. The zero-order chi connectivity index (χ0) is 71.1. The highest BCUT2D eigenvalue weighted by Crippen LogP contribution is 2.50. The molecule has 15 aromatic carbocycles. The Balaban J connectivity index is 1.21. The normalized spacial score (nSPS) is 13.0. The van der Waals surface area contributed by atoms with Crippen LogP contribution in [0.1, 0.15) is 34.6 Å². The maximum Gasteiger partial charge on any atom is 0.252 e. The molecule has 17 aromatic rings. The van der Waals surface area contributed by atoms with E-state index in [9.17, 15) is 8.22 Å². The van der Waals surface area contributed by atoms with Gasteiger partial charge in [-0.3, -0.25) is 0 Å². The number of hydrogen-bond acceptors (Lipinski definition) is 2. The zero-order valence-electron chi connectivity index (χ0n) is 60.9. The van der Waals surface area contributed by atoms with E-state index in [1.807, 2.05) is 84.9 Å². The van der Waals surface area contributed by atoms with Crippen molar-refractivity contribution in [3.8, 4) is 33.6 Å². The van der Waals surface area contributed by atoms with Crippen molar-refractivity contribution in [1.82, 2.24) is 9.13 Å². The fourth-order valence-corrected chi connectivity index (χ4v) is 15.9. The molecule has 0 unspecified atom stereocenters. The van der Waals surface area contributed by atoms with E-state index in [1.165, 1.54) is 0 Å². The van der Waals surface area contributed by atoms with E-state index in [0.29, 0.717) is 66.5 Å². The quantitative estimate of drug-likeness (QED) is 0.141. The summed E-state index contributed by atoms with van der Waals surface area (Å²) >= 11 is 0. The summed E-state index contributed by atoms with van der Waals surface area (Å²) in [5.41, 5.74) is 11.9. The third kappa shape index (κ3) is 9.15. The third-order valence-electron chi connectivity index (χ3n) is 20.2. The Labute approximate surface area is 584 Å². The summed E-state index contributed by atoms with van der Waals surface area (Å²) in [5, 5.41) is 10.1. The van der Waals surface area contributed by atoms with Gasteiger partial charge >= 0.3 is 0 Å². The van der Waals surface area contributed by atoms with Crippen molar-refractivity contribution in [3.05, 3.63) is 357 Å². The Morgan fingerprint density at radius 3 is 0.909 bits per heavy atom. The van der Waals surface area contributed by atoms with Crippen LogP contribution in [0.5, 0.6) is 0 Å². The van der Waals surface area contributed by atoms with Gasteiger partial charge in [-0.15, -0.1) is 0 Å². The van der Waals surface area contributed by atoms with Crippen molar-refractivity contribution in [2.45, 2.75) is 26.2 Å². The van der Waals surface area contributed by atoms with E-state index in [1.54, 1.807) is 0 Å². The molecule has 4 nitrogen and oxygen atoms in total. The molecule has 0 aliphatic carbocycles. The Morgan fingerprint density at radius 1 is 0.293 bits per heavy atom. The molecule has 0 fully saturated rings. The molecule has 0 saturated carbocycles. The van der Waals surface area contributed by atoms with Crippen LogP contribution in [0.3, 0.4) is 0 Å². The minimum absolute atomic E-state index is 0.0722. The van der Waals surface area contributed by atoms with Gasteiger partial charge in [0.15, 0.2) is 0 Å². The first-order valence-corrected chi connectivity index (χ1v) is 34.1. The summed E-state index contributed by atoms with van der Waals surface area (Å²) in [4.78, 5) is 4.25. The lowest BCUT2D eigenvalue weighted by molar-refractivity contribution is 0.589. The molecule has 5 heteroatoms. The van der Waals surface area contributed by atoms with Gasteiger partial charge in [0.1, 0.15) is 0 Å². The van der Waals surface area contributed by atoms with Crippen LogP contribution in [0, 0.1) is 0 Å². The molecule has 0 N–H and O–H groups in total. The van der Waals surface area contributed by atoms with Gasteiger partial charge in [0.05, 0.1) is 41.7 Å².